The van der Waals surface area contributed by atoms with Crippen LogP contribution in [0.5, 0.6) is 5.75 Å². The number of carbonyl (C=O) groups excluding carboxylic acids is 3. The van der Waals surface area contributed by atoms with Crippen LogP contribution >= 0.6 is 12.4 Å². The van der Waals surface area contributed by atoms with Gasteiger partial charge in [-0.05, 0) is 37.1 Å². The van der Waals surface area contributed by atoms with Crippen LogP contribution in [0, 0.1) is 5.82 Å². The van der Waals surface area contributed by atoms with Crippen molar-refractivity contribution in [2.24, 2.45) is 0 Å². The molecule has 164 valence electrons. The average molecular weight is 441 g/mol. The number of piperazine rings is 1. The Morgan fingerprint density at radius 3 is 2.47 bits per heavy atom. The Labute approximate surface area is 180 Å². The summed E-state index contributed by atoms with van der Waals surface area (Å²) in [5.74, 6) is -0.185. The van der Waals surface area contributed by atoms with Crippen molar-refractivity contribution in [3.8, 4) is 5.75 Å². The first kappa shape index (κ1) is 22.3. The van der Waals surface area contributed by atoms with E-state index in [1.54, 1.807) is 21.9 Å². The van der Waals surface area contributed by atoms with Crippen LogP contribution in [0.1, 0.15) is 12.8 Å². The number of imide groups is 1. The Balaban J connectivity index is 0.00000256. The first-order chi connectivity index (χ1) is 14.0. The third-order valence-electron chi connectivity index (χ3n) is 5.73. The van der Waals surface area contributed by atoms with Crippen LogP contribution in [0.4, 0.5) is 9.18 Å². The lowest BCUT2D eigenvalue weighted by Gasteiger charge is -2.35. The van der Waals surface area contributed by atoms with Crippen molar-refractivity contribution in [3.05, 3.63) is 30.1 Å². The molecule has 0 bridgehead atoms. The summed E-state index contributed by atoms with van der Waals surface area (Å²) in [7, 11) is 0. The molecule has 1 unspecified atom stereocenters. The van der Waals surface area contributed by atoms with E-state index in [0.29, 0.717) is 51.6 Å². The molecular formula is C20H26ClFN4O4. The molecule has 30 heavy (non-hydrogen) atoms. The van der Waals surface area contributed by atoms with Crippen LogP contribution < -0.4 is 4.74 Å². The van der Waals surface area contributed by atoms with E-state index in [4.69, 9.17) is 4.74 Å². The molecule has 4 rings (SSSR count). The molecule has 0 aliphatic carbocycles. The fraction of sp³-hybridized carbons (Fsp3) is 0.550. The summed E-state index contributed by atoms with van der Waals surface area (Å²) in [5.41, 5.74) is 0. The molecule has 3 aliphatic rings. The van der Waals surface area contributed by atoms with Gasteiger partial charge in [0.1, 0.15) is 30.8 Å². The lowest BCUT2D eigenvalue weighted by molar-refractivity contribution is -0.137. The van der Waals surface area contributed by atoms with Crippen molar-refractivity contribution < 1.29 is 23.5 Å². The van der Waals surface area contributed by atoms with E-state index in [9.17, 15) is 18.8 Å². The molecule has 0 radical (unpaired) electrons. The minimum Gasteiger partial charge on any atom is -0.492 e. The lowest BCUT2D eigenvalue weighted by Crippen LogP contribution is -2.53. The molecule has 8 nitrogen and oxygen atoms in total. The second kappa shape index (κ2) is 9.61. The van der Waals surface area contributed by atoms with Crippen molar-refractivity contribution in [1.29, 1.82) is 0 Å². The first-order valence-electron chi connectivity index (χ1n) is 10.0. The zero-order valence-corrected chi connectivity index (χ0v) is 17.5. The van der Waals surface area contributed by atoms with Gasteiger partial charge >= 0.3 is 6.03 Å². The number of hydrogen-bond acceptors (Lipinski definition) is 5. The zero-order valence-electron chi connectivity index (χ0n) is 16.7. The molecule has 0 spiro atoms. The number of fused-ring (bicyclic) bond motifs is 1. The van der Waals surface area contributed by atoms with Crippen molar-refractivity contribution >= 4 is 30.3 Å². The Morgan fingerprint density at radius 1 is 1.07 bits per heavy atom. The first-order valence-corrected chi connectivity index (χ1v) is 10.0. The molecule has 0 saturated carbocycles. The molecule has 1 aromatic carbocycles. The van der Waals surface area contributed by atoms with E-state index in [1.807, 2.05) is 0 Å². The van der Waals surface area contributed by atoms with Crippen LogP contribution in [0.25, 0.3) is 0 Å². The highest BCUT2D eigenvalue weighted by atomic mass is 35.5. The van der Waals surface area contributed by atoms with Crippen LogP contribution in [0.15, 0.2) is 24.3 Å². The summed E-state index contributed by atoms with van der Waals surface area (Å²) in [5, 5.41) is 0. The average Bonchev–Trinajstić information content (AvgIpc) is 3.34. The number of urea groups is 1. The van der Waals surface area contributed by atoms with Crippen LogP contribution in [0.3, 0.4) is 0 Å². The van der Waals surface area contributed by atoms with Gasteiger partial charge < -0.3 is 14.5 Å². The van der Waals surface area contributed by atoms with E-state index in [-0.39, 0.29) is 42.6 Å². The molecule has 3 heterocycles. The fourth-order valence-electron chi connectivity index (χ4n) is 4.08. The van der Waals surface area contributed by atoms with Gasteiger partial charge in [-0.15, -0.1) is 12.4 Å². The molecule has 0 N–H and O–H groups in total. The van der Waals surface area contributed by atoms with Crippen molar-refractivity contribution in [2.45, 2.75) is 18.9 Å². The van der Waals surface area contributed by atoms with Crippen molar-refractivity contribution in [1.82, 2.24) is 19.6 Å². The van der Waals surface area contributed by atoms with Gasteiger partial charge in [-0.2, -0.15) is 0 Å². The number of rotatable bonds is 6. The molecule has 3 saturated heterocycles. The van der Waals surface area contributed by atoms with Gasteiger partial charge in [0.05, 0.1) is 0 Å². The minimum absolute atomic E-state index is 0. The maximum atomic E-state index is 12.9. The Morgan fingerprint density at radius 2 is 1.77 bits per heavy atom. The number of halogens is 2. The number of benzene rings is 1. The number of carbonyl (C=O) groups is 3. The molecule has 0 aromatic heterocycles. The summed E-state index contributed by atoms with van der Waals surface area (Å²) in [6.07, 6.45) is 1.94. The van der Waals surface area contributed by atoms with Crippen LogP contribution in [-0.2, 0) is 9.59 Å². The van der Waals surface area contributed by atoms with Gasteiger partial charge in [-0.3, -0.25) is 19.4 Å². The summed E-state index contributed by atoms with van der Waals surface area (Å²) >= 11 is 0. The van der Waals surface area contributed by atoms with E-state index in [1.165, 1.54) is 12.1 Å². The molecule has 1 aromatic rings. The summed E-state index contributed by atoms with van der Waals surface area (Å²) in [6, 6.07) is 4.91. The number of likely N-dealkylation sites (tertiary alicyclic amines) is 1. The number of nitrogens with zero attached hydrogens (tertiary/aromatic N) is 4. The van der Waals surface area contributed by atoms with Crippen molar-refractivity contribution in [2.75, 3.05) is 52.4 Å². The largest absolute Gasteiger partial charge is 0.492 e. The maximum Gasteiger partial charge on any atom is 0.328 e. The smallest absolute Gasteiger partial charge is 0.328 e. The maximum absolute atomic E-state index is 12.9. The molecular weight excluding hydrogens is 415 g/mol. The normalized spacial score (nSPS) is 21.6. The van der Waals surface area contributed by atoms with E-state index < -0.39 is 6.04 Å². The van der Waals surface area contributed by atoms with Gasteiger partial charge in [0.25, 0.3) is 5.91 Å². The molecule has 3 aliphatic heterocycles. The Bertz CT molecular complexity index is 788. The topological polar surface area (TPSA) is 73.4 Å². The molecule has 10 heteroatoms. The molecule has 1 atom stereocenters. The summed E-state index contributed by atoms with van der Waals surface area (Å²) < 4.78 is 18.6. The van der Waals surface area contributed by atoms with Crippen molar-refractivity contribution in [3.63, 3.8) is 0 Å². The van der Waals surface area contributed by atoms with Gasteiger partial charge in [0, 0.05) is 39.3 Å². The highest BCUT2D eigenvalue weighted by Crippen LogP contribution is 2.22. The van der Waals surface area contributed by atoms with Gasteiger partial charge in [0.15, 0.2) is 0 Å². The third-order valence-corrected chi connectivity index (χ3v) is 5.73. The monoisotopic (exact) mass is 440 g/mol. The van der Waals surface area contributed by atoms with Crippen LogP contribution in [0.2, 0.25) is 0 Å². The Hall–Kier alpha value is -2.39. The number of ether oxygens (including phenoxy) is 1. The molecule has 4 amide bonds. The zero-order chi connectivity index (χ0) is 20.4. The highest BCUT2D eigenvalue weighted by Gasteiger charge is 2.48. The second-order valence-electron chi connectivity index (χ2n) is 7.61. The Kier molecular flexibility index (Phi) is 7.14. The predicted molar refractivity (Wildman–Crippen MR) is 109 cm³/mol. The van der Waals surface area contributed by atoms with E-state index in [2.05, 4.69) is 4.90 Å². The quantitative estimate of drug-likeness (QED) is 0.621. The summed E-state index contributed by atoms with van der Waals surface area (Å²) in [6.45, 7) is 3.72. The predicted octanol–water partition coefficient (Wildman–Crippen LogP) is 1.20. The third kappa shape index (κ3) is 4.67. The van der Waals surface area contributed by atoms with E-state index in [0.717, 1.165) is 17.7 Å². The lowest BCUT2D eigenvalue weighted by atomic mass is 10.2. The van der Waals surface area contributed by atoms with E-state index >= 15 is 0 Å². The second-order valence-corrected chi connectivity index (χ2v) is 7.61. The number of amides is 4. The minimum atomic E-state index is -0.548. The van der Waals surface area contributed by atoms with Gasteiger partial charge in [0.2, 0.25) is 5.91 Å². The van der Waals surface area contributed by atoms with Gasteiger partial charge in [-0.25, -0.2) is 9.18 Å². The standard InChI is InChI=1S/C20H25FN4O4.ClH/c21-15-3-5-16(6-4-15)29-12-11-22-9-10-24-17(13-22)19(27)25(20(24)28)14-18(26)23-7-1-2-8-23;/h3-6,17H,1-2,7-14H2;1H. The number of hydrogen-bond donors (Lipinski definition) is 0. The fourth-order valence-corrected chi connectivity index (χ4v) is 4.08. The van der Waals surface area contributed by atoms with Crippen LogP contribution in [-0.4, -0.2) is 95.9 Å². The highest BCUT2D eigenvalue weighted by molar-refractivity contribution is 6.06. The summed E-state index contributed by atoms with van der Waals surface area (Å²) in [4.78, 5) is 44.2. The SMILES string of the molecule is Cl.O=C(CN1C(=O)C2CN(CCOc3ccc(F)cc3)CCN2C1=O)N1CCCC1. The molecule has 3 fully saturated rings. The van der Waals surface area contributed by atoms with Gasteiger partial charge in [-0.1, -0.05) is 0 Å².